The van der Waals surface area contributed by atoms with E-state index in [1.807, 2.05) is 24.3 Å². The lowest BCUT2D eigenvalue weighted by Gasteiger charge is -2.23. The Bertz CT molecular complexity index is 1240. The van der Waals surface area contributed by atoms with Gasteiger partial charge in [-0.3, -0.25) is 10.1 Å². The van der Waals surface area contributed by atoms with E-state index in [4.69, 9.17) is 9.47 Å². The molecule has 0 radical (unpaired) electrons. The van der Waals surface area contributed by atoms with E-state index in [1.54, 1.807) is 12.1 Å². The van der Waals surface area contributed by atoms with Crippen LogP contribution in [-0.2, 0) is 14.3 Å². The van der Waals surface area contributed by atoms with Crippen molar-refractivity contribution in [2.45, 2.75) is 17.9 Å². The van der Waals surface area contributed by atoms with Crippen LogP contribution in [0.4, 0.5) is 10.5 Å². The molecule has 1 saturated heterocycles. The molecule has 8 heteroatoms. The van der Waals surface area contributed by atoms with Crippen LogP contribution in [0.1, 0.15) is 33.8 Å². The van der Waals surface area contributed by atoms with Crippen LogP contribution in [0.5, 0.6) is 0 Å². The zero-order valence-corrected chi connectivity index (χ0v) is 18.8. The highest BCUT2D eigenvalue weighted by molar-refractivity contribution is 5.98. The molecule has 1 heterocycles. The molecule has 1 unspecified atom stereocenters. The third-order valence-corrected chi connectivity index (χ3v) is 6.52. The van der Waals surface area contributed by atoms with Gasteiger partial charge in [0.2, 0.25) is 0 Å². The maximum atomic E-state index is 12.6. The first-order chi connectivity index (χ1) is 17.0. The molecular weight excluding hydrogens is 448 g/mol. The number of aliphatic carboxylic acids is 1. The monoisotopic (exact) mass is 472 g/mol. The van der Waals surface area contributed by atoms with Gasteiger partial charge in [0.15, 0.2) is 5.54 Å². The normalized spacial score (nSPS) is 18.4. The summed E-state index contributed by atoms with van der Waals surface area (Å²) in [5.74, 6) is -1.69. The Morgan fingerprint density at radius 1 is 0.943 bits per heavy atom. The maximum absolute atomic E-state index is 12.6. The lowest BCUT2D eigenvalue weighted by molar-refractivity contribution is -0.144. The van der Waals surface area contributed by atoms with Gasteiger partial charge in [-0.1, -0.05) is 48.5 Å². The lowest BCUT2D eigenvalue weighted by Crippen LogP contribution is -2.55. The van der Waals surface area contributed by atoms with E-state index in [0.717, 1.165) is 22.3 Å². The number of ether oxygens (including phenoxy) is 2. The van der Waals surface area contributed by atoms with Crippen LogP contribution in [0, 0.1) is 0 Å². The molecule has 8 nitrogen and oxygen atoms in total. The summed E-state index contributed by atoms with van der Waals surface area (Å²) in [7, 11) is 0. The van der Waals surface area contributed by atoms with Gasteiger partial charge in [-0.25, -0.2) is 9.59 Å². The smallest absolute Gasteiger partial charge is 0.411 e. The first-order valence-electron chi connectivity index (χ1n) is 11.3. The summed E-state index contributed by atoms with van der Waals surface area (Å²) in [5, 5.41) is 14.7. The summed E-state index contributed by atoms with van der Waals surface area (Å²) in [6.07, 6.45) is -0.396. The summed E-state index contributed by atoms with van der Waals surface area (Å²) in [4.78, 5) is 36.6. The Kier molecular flexibility index (Phi) is 5.96. The number of carboxylic acids is 1. The molecule has 35 heavy (non-hydrogen) atoms. The molecule has 3 aromatic carbocycles. The number of fused-ring (bicyclic) bond motifs is 3. The van der Waals surface area contributed by atoms with Crippen molar-refractivity contribution < 1.29 is 29.0 Å². The number of nitrogens with one attached hydrogen (secondary N) is 2. The molecule has 0 aromatic heterocycles. The topological polar surface area (TPSA) is 114 Å². The fourth-order valence-electron chi connectivity index (χ4n) is 4.63. The molecule has 1 atom stereocenters. The number of carboxylic acid groups (broad SMARTS) is 1. The van der Waals surface area contributed by atoms with Crippen LogP contribution < -0.4 is 10.6 Å². The number of anilines is 1. The van der Waals surface area contributed by atoms with Gasteiger partial charge in [0.05, 0.1) is 6.61 Å². The minimum atomic E-state index is -1.42. The number of benzene rings is 3. The van der Waals surface area contributed by atoms with Crippen molar-refractivity contribution >= 4 is 23.7 Å². The molecule has 0 bridgehead atoms. The van der Waals surface area contributed by atoms with Crippen molar-refractivity contribution in [1.29, 1.82) is 0 Å². The van der Waals surface area contributed by atoms with Gasteiger partial charge in [-0.2, -0.15) is 0 Å². The van der Waals surface area contributed by atoms with Crippen LogP contribution in [0.25, 0.3) is 11.1 Å². The number of rotatable bonds is 6. The van der Waals surface area contributed by atoms with Gasteiger partial charge >= 0.3 is 12.1 Å². The van der Waals surface area contributed by atoms with Gasteiger partial charge in [-0.15, -0.1) is 0 Å². The Hall–Kier alpha value is -4.17. The van der Waals surface area contributed by atoms with Gasteiger partial charge in [-0.05, 0) is 46.5 Å². The van der Waals surface area contributed by atoms with Gasteiger partial charge in [0, 0.05) is 30.2 Å². The Labute approximate surface area is 201 Å². The van der Waals surface area contributed by atoms with Crippen molar-refractivity contribution in [3.8, 4) is 11.1 Å². The summed E-state index contributed by atoms with van der Waals surface area (Å²) < 4.78 is 10.7. The zero-order valence-electron chi connectivity index (χ0n) is 18.8. The minimum absolute atomic E-state index is 0.0413. The highest BCUT2D eigenvalue weighted by atomic mass is 16.5. The minimum Gasteiger partial charge on any atom is -0.479 e. The third kappa shape index (κ3) is 4.36. The first kappa shape index (κ1) is 22.6. The van der Waals surface area contributed by atoms with Crippen molar-refractivity contribution in [1.82, 2.24) is 5.32 Å². The largest absolute Gasteiger partial charge is 0.479 e. The first-order valence-corrected chi connectivity index (χ1v) is 11.3. The molecule has 3 aromatic rings. The summed E-state index contributed by atoms with van der Waals surface area (Å²) >= 11 is 0. The fraction of sp³-hybridized carbons (Fsp3) is 0.222. The Morgan fingerprint density at radius 2 is 1.57 bits per heavy atom. The highest BCUT2D eigenvalue weighted by Gasteiger charge is 2.44. The Morgan fingerprint density at radius 3 is 2.14 bits per heavy atom. The summed E-state index contributed by atoms with van der Waals surface area (Å²) in [6.45, 7) is 0.394. The quantitative estimate of drug-likeness (QED) is 0.499. The number of carbonyl (C=O) groups is 3. The van der Waals surface area contributed by atoms with Crippen LogP contribution in [0.3, 0.4) is 0 Å². The van der Waals surface area contributed by atoms with Gasteiger partial charge < -0.3 is 19.9 Å². The highest BCUT2D eigenvalue weighted by Crippen LogP contribution is 2.44. The van der Waals surface area contributed by atoms with Gasteiger partial charge in [0.25, 0.3) is 5.91 Å². The average molecular weight is 472 g/mol. The third-order valence-electron chi connectivity index (χ3n) is 6.52. The van der Waals surface area contributed by atoms with Crippen LogP contribution in [-0.4, -0.2) is 48.4 Å². The molecule has 2 amide bonds. The van der Waals surface area contributed by atoms with E-state index in [-0.39, 0.29) is 37.7 Å². The lowest BCUT2D eigenvalue weighted by atomic mass is 9.98. The van der Waals surface area contributed by atoms with E-state index in [9.17, 15) is 19.5 Å². The number of hydrogen-bond donors (Lipinski definition) is 3. The second kappa shape index (κ2) is 9.23. The molecule has 1 aliphatic heterocycles. The fourth-order valence-corrected chi connectivity index (χ4v) is 4.63. The molecule has 2 aliphatic rings. The summed E-state index contributed by atoms with van der Waals surface area (Å²) in [5.41, 5.74) is 3.87. The summed E-state index contributed by atoms with van der Waals surface area (Å²) in [6, 6.07) is 22.4. The van der Waals surface area contributed by atoms with Crippen molar-refractivity contribution in [2.24, 2.45) is 0 Å². The molecule has 5 rings (SSSR count). The predicted molar refractivity (Wildman–Crippen MR) is 128 cm³/mol. The average Bonchev–Trinajstić information content (AvgIpc) is 3.47. The molecular formula is C27H24N2O6. The second-order valence-electron chi connectivity index (χ2n) is 8.67. The SMILES string of the molecule is O=C(Nc1ccc(C(=O)NC2(C(=O)O)CCOC2)cc1)OCC1c2ccccc2-c2ccccc21. The van der Waals surface area contributed by atoms with E-state index in [2.05, 4.69) is 34.9 Å². The van der Waals surface area contributed by atoms with E-state index in [0.29, 0.717) is 5.69 Å². The Balaban J connectivity index is 1.20. The molecule has 178 valence electrons. The molecule has 0 saturated carbocycles. The van der Waals surface area contributed by atoms with Gasteiger partial charge in [0.1, 0.15) is 6.61 Å². The zero-order chi connectivity index (χ0) is 24.4. The number of carbonyl (C=O) groups excluding carboxylic acids is 2. The van der Waals surface area contributed by atoms with Crippen LogP contribution in [0.2, 0.25) is 0 Å². The van der Waals surface area contributed by atoms with E-state index < -0.39 is 23.5 Å². The van der Waals surface area contributed by atoms with E-state index in [1.165, 1.54) is 12.1 Å². The van der Waals surface area contributed by atoms with E-state index >= 15 is 0 Å². The second-order valence-corrected chi connectivity index (χ2v) is 8.67. The number of amides is 2. The molecule has 1 fully saturated rings. The van der Waals surface area contributed by atoms with Crippen molar-refractivity contribution in [2.75, 3.05) is 25.1 Å². The molecule has 0 spiro atoms. The van der Waals surface area contributed by atoms with Crippen molar-refractivity contribution in [3.63, 3.8) is 0 Å². The predicted octanol–water partition coefficient (Wildman–Crippen LogP) is 4.02. The molecule has 1 aliphatic carbocycles. The van der Waals surface area contributed by atoms with Crippen LogP contribution in [0.15, 0.2) is 72.8 Å². The van der Waals surface area contributed by atoms with Crippen LogP contribution >= 0.6 is 0 Å². The maximum Gasteiger partial charge on any atom is 0.411 e. The van der Waals surface area contributed by atoms with Crippen molar-refractivity contribution in [3.05, 3.63) is 89.5 Å². The standard InChI is InChI=1S/C27H24N2O6/c30-24(29-27(25(31)32)13-14-34-16-27)17-9-11-18(12-10-17)28-26(33)35-15-23-21-7-3-1-5-19(21)20-6-2-4-8-22(20)23/h1-12,23H,13-16H2,(H,28,33)(H,29,30)(H,31,32). The molecule has 3 N–H and O–H groups in total. The number of hydrogen-bond acceptors (Lipinski definition) is 5.